The molecule has 1 aromatic heterocycles. The molecule has 35 heavy (non-hydrogen) atoms. The monoisotopic (exact) mass is 463 g/mol. The number of aromatic nitrogens is 1. The number of nitrogens with one attached hydrogen (secondary N) is 1. The largest absolute Gasteiger partial charge is 0.356 e. The van der Waals surface area contributed by atoms with E-state index in [4.69, 9.17) is 0 Å². The number of aromatic amines is 1. The quantitative estimate of drug-likeness (QED) is 0.465. The number of hydrogen-bond donors (Lipinski definition) is 1. The normalized spacial score (nSPS) is 21.8. The Bertz CT molecular complexity index is 1420. The number of rotatable bonds is 4. The van der Waals surface area contributed by atoms with Crippen molar-refractivity contribution in [3.63, 3.8) is 0 Å². The van der Waals surface area contributed by atoms with Crippen LogP contribution in [0.2, 0.25) is 0 Å². The standard InChI is InChI=1S/C30H29N3O2/c1-3-20-13-15-22(16-14-20)24-18-33-26(34)19-32(17-21-9-5-4-6-10-21)29(35)30(33,2)28-27(24)23-11-7-8-12-25(23)31-28/h4-16,24,31H,3,17-19H2,1-2H3. The number of aryl methyl sites for hydroxylation is 1. The molecule has 4 aromatic rings. The molecule has 1 fully saturated rings. The molecule has 0 spiro atoms. The predicted octanol–water partition coefficient (Wildman–Crippen LogP) is 4.96. The van der Waals surface area contributed by atoms with Crippen LogP contribution in [0.1, 0.15) is 47.7 Å². The second kappa shape index (κ2) is 8.12. The third-order valence-electron chi connectivity index (χ3n) is 7.82. The van der Waals surface area contributed by atoms with Crippen LogP contribution in [0.3, 0.4) is 0 Å². The lowest BCUT2D eigenvalue weighted by molar-refractivity contribution is -0.166. The Morgan fingerprint density at radius 2 is 1.63 bits per heavy atom. The highest BCUT2D eigenvalue weighted by molar-refractivity contribution is 6.01. The summed E-state index contributed by atoms with van der Waals surface area (Å²) < 4.78 is 0. The highest BCUT2D eigenvalue weighted by Crippen LogP contribution is 2.48. The Balaban J connectivity index is 1.50. The maximum Gasteiger partial charge on any atom is 0.255 e. The van der Waals surface area contributed by atoms with Crippen molar-refractivity contribution >= 4 is 22.7 Å². The summed E-state index contributed by atoms with van der Waals surface area (Å²) in [6.07, 6.45) is 0.984. The highest BCUT2D eigenvalue weighted by Gasteiger charge is 2.56. The fourth-order valence-electron chi connectivity index (χ4n) is 5.89. The Morgan fingerprint density at radius 3 is 2.37 bits per heavy atom. The van der Waals surface area contributed by atoms with Gasteiger partial charge in [-0.15, -0.1) is 0 Å². The van der Waals surface area contributed by atoms with Crippen LogP contribution in [0, 0.1) is 0 Å². The smallest absolute Gasteiger partial charge is 0.255 e. The lowest BCUT2D eigenvalue weighted by Gasteiger charge is -2.51. The Kier molecular flexibility index (Phi) is 5.03. The zero-order valence-corrected chi connectivity index (χ0v) is 20.1. The molecule has 176 valence electrons. The van der Waals surface area contributed by atoms with Gasteiger partial charge in [0, 0.05) is 29.9 Å². The number of benzene rings is 3. The molecule has 5 heteroatoms. The summed E-state index contributed by atoms with van der Waals surface area (Å²) in [6, 6.07) is 26.8. The molecule has 2 unspecified atom stereocenters. The van der Waals surface area contributed by atoms with Crippen LogP contribution < -0.4 is 0 Å². The molecule has 6 rings (SSSR count). The van der Waals surface area contributed by atoms with Crippen molar-refractivity contribution in [1.82, 2.24) is 14.8 Å². The summed E-state index contributed by atoms with van der Waals surface area (Å²) in [5.74, 6) is -0.0476. The summed E-state index contributed by atoms with van der Waals surface area (Å²) in [4.78, 5) is 34.8. The van der Waals surface area contributed by atoms with E-state index in [9.17, 15) is 9.59 Å². The van der Waals surface area contributed by atoms with Crippen molar-refractivity contribution < 1.29 is 9.59 Å². The first-order chi connectivity index (χ1) is 17.0. The number of piperazine rings is 1. The first-order valence-electron chi connectivity index (χ1n) is 12.3. The summed E-state index contributed by atoms with van der Waals surface area (Å²) in [6.45, 7) is 5.07. The van der Waals surface area contributed by atoms with Gasteiger partial charge in [0.05, 0.1) is 5.69 Å². The van der Waals surface area contributed by atoms with E-state index < -0.39 is 5.54 Å². The first kappa shape index (κ1) is 21.7. The molecule has 3 aromatic carbocycles. The minimum Gasteiger partial charge on any atom is -0.356 e. The van der Waals surface area contributed by atoms with E-state index in [1.54, 1.807) is 4.90 Å². The number of amides is 2. The number of nitrogens with zero attached hydrogens (tertiary/aromatic N) is 2. The van der Waals surface area contributed by atoms with Crippen LogP contribution in [0.15, 0.2) is 78.9 Å². The molecular formula is C30H29N3O2. The molecule has 1 saturated heterocycles. The molecular weight excluding hydrogens is 434 g/mol. The van der Waals surface area contributed by atoms with E-state index in [2.05, 4.69) is 48.3 Å². The van der Waals surface area contributed by atoms with Crippen LogP contribution in [-0.2, 0) is 28.1 Å². The minimum absolute atomic E-state index is 0.00226. The third kappa shape index (κ3) is 3.29. The summed E-state index contributed by atoms with van der Waals surface area (Å²) >= 11 is 0. The number of carbonyl (C=O) groups excluding carboxylic acids is 2. The number of H-pyrrole nitrogens is 1. The van der Waals surface area contributed by atoms with Crippen molar-refractivity contribution in [3.8, 4) is 0 Å². The van der Waals surface area contributed by atoms with Crippen molar-refractivity contribution in [2.75, 3.05) is 13.1 Å². The van der Waals surface area contributed by atoms with Crippen molar-refractivity contribution in [3.05, 3.63) is 107 Å². The lowest BCUT2D eigenvalue weighted by Crippen LogP contribution is -2.67. The number of fused-ring (bicyclic) bond motifs is 5. The van der Waals surface area contributed by atoms with Gasteiger partial charge in [-0.05, 0) is 41.7 Å². The number of hydrogen-bond acceptors (Lipinski definition) is 2. The first-order valence-corrected chi connectivity index (χ1v) is 12.3. The topological polar surface area (TPSA) is 56.4 Å². The van der Waals surface area contributed by atoms with Crippen LogP contribution in [-0.4, -0.2) is 39.7 Å². The average Bonchev–Trinajstić information content (AvgIpc) is 3.29. The maximum absolute atomic E-state index is 14.1. The van der Waals surface area contributed by atoms with E-state index in [0.717, 1.165) is 34.1 Å². The molecule has 2 amide bonds. The zero-order valence-electron chi connectivity index (χ0n) is 20.1. The van der Waals surface area contributed by atoms with Crippen LogP contribution >= 0.6 is 0 Å². The van der Waals surface area contributed by atoms with Gasteiger partial charge in [-0.2, -0.15) is 0 Å². The van der Waals surface area contributed by atoms with Gasteiger partial charge in [-0.3, -0.25) is 9.59 Å². The van der Waals surface area contributed by atoms with Gasteiger partial charge in [-0.25, -0.2) is 0 Å². The summed E-state index contributed by atoms with van der Waals surface area (Å²) in [7, 11) is 0. The fourth-order valence-corrected chi connectivity index (χ4v) is 5.89. The molecule has 0 radical (unpaired) electrons. The Hall–Kier alpha value is -3.86. The van der Waals surface area contributed by atoms with Gasteiger partial charge in [0.15, 0.2) is 5.54 Å². The second-order valence-corrected chi connectivity index (χ2v) is 9.83. The maximum atomic E-state index is 14.1. The number of para-hydroxylation sites is 1. The zero-order chi connectivity index (χ0) is 24.2. The van der Waals surface area contributed by atoms with Gasteiger partial charge in [-0.1, -0.05) is 79.7 Å². The van der Waals surface area contributed by atoms with Crippen LogP contribution in [0.4, 0.5) is 0 Å². The van der Waals surface area contributed by atoms with Crippen LogP contribution in [0.5, 0.6) is 0 Å². The van der Waals surface area contributed by atoms with E-state index in [0.29, 0.717) is 13.1 Å². The Labute approximate surface area is 205 Å². The molecule has 1 N–H and O–H groups in total. The summed E-state index contributed by atoms with van der Waals surface area (Å²) in [5.41, 5.74) is 5.37. The highest BCUT2D eigenvalue weighted by atomic mass is 16.2. The average molecular weight is 464 g/mol. The van der Waals surface area contributed by atoms with Crippen LogP contribution in [0.25, 0.3) is 10.9 Å². The molecule has 2 aliphatic heterocycles. The van der Waals surface area contributed by atoms with E-state index in [1.165, 1.54) is 11.1 Å². The van der Waals surface area contributed by atoms with Gasteiger partial charge < -0.3 is 14.8 Å². The van der Waals surface area contributed by atoms with E-state index in [1.807, 2.05) is 54.3 Å². The second-order valence-electron chi connectivity index (χ2n) is 9.83. The van der Waals surface area contributed by atoms with Gasteiger partial charge in [0.25, 0.3) is 5.91 Å². The summed E-state index contributed by atoms with van der Waals surface area (Å²) in [5, 5.41) is 1.12. The van der Waals surface area contributed by atoms with Crippen molar-refractivity contribution in [2.45, 2.75) is 38.3 Å². The molecule has 0 aliphatic carbocycles. The molecule has 5 nitrogen and oxygen atoms in total. The molecule has 2 atom stereocenters. The molecule has 0 bridgehead atoms. The Morgan fingerprint density at radius 1 is 0.914 bits per heavy atom. The minimum atomic E-state index is -1.07. The third-order valence-corrected chi connectivity index (χ3v) is 7.82. The van der Waals surface area contributed by atoms with Gasteiger partial charge >= 0.3 is 0 Å². The van der Waals surface area contributed by atoms with E-state index in [-0.39, 0.29) is 24.3 Å². The fraction of sp³-hybridized carbons (Fsp3) is 0.267. The predicted molar refractivity (Wildman–Crippen MR) is 137 cm³/mol. The van der Waals surface area contributed by atoms with Crippen molar-refractivity contribution in [2.24, 2.45) is 0 Å². The lowest BCUT2D eigenvalue weighted by atomic mass is 9.76. The van der Waals surface area contributed by atoms with Gasteiger partial charge in [0.2, 0.25) is 5.91 Å². The van der Waals surface area contributed by atoms with Gasteiger partial charge in [0.1, 0.15) is 6.54 Å². The SMILES string of the molecule is CCc1ccc(C2CN3C(=O)CN(Cc4ccccc4)C(=O)C3(C)c3[nH]c4ccccc4c32)cc1. The molecule has 0 saturated carbocycles. The number of carbonyl (C=O) groups is 2. The van der Waals surface area contributed by atoms with E-state index >= 15 is 0 Å². The van der Waals surface area contributed by atoms with Crippen molar-refractivity contribution in [1.29, 1.82) is 0 Å². The molecule has 2 aliphatic rings. The molecule has 3 heterocycles.